The van der Waals surface area contributed by atoms with Gasteiger partial charge in [0.25, 0.3) is 0 Å². The van der Waals surface area contributed by atoms with E-state index in [1.165, 1.54) is 50.8 Å². The Morgan fingerprint density at radius 1 is 1.06 bits per heavy atom. The van der Waals surface area contributed by atoms with Gasteiger partial charge in [0.1, 0.15) is 5.60 Å². The van der Waals surface area contributed by atoms with Crippen LogP contribution in [-0.4, -0.2) is 54.4 Å². The Balaban J connectivity index is 1.60. The Kier molecular flexibility index (Phi) is 10.3. The highest BCUT2D eigenvalue weighted by Crippen LogP contribution is 2.36. The van der Waals surface area contributed by atoms with Crippen LogP contribution in [0.1, 0.15) is 92.9 Å². The maximum atomic E-state index is 12.4. The molecule has 2 saturated heterocycles. The lowest BCUT2D eigenvalue weighted by Crippen LogP contribution is -2.51. The molecular formula is C30H51N3O2. The van der Waals surface area contributed by atoms with E-state index in [9.17, 15) is 4.79 Å². The van der Waals surface area contributed by atoms with Crippen molar-refractivity contribution in [1.82, 2.24) is 10.2 Å². The molecule has 4 atom stereocenters. The highest BCUT2D eigenvalue weighted by Gasteiger charge is 2.35. The van der Waals surface area contributed by atoms with Gasteiger partial charge < -0.3 is 19.9 Å². The van der Waals surface area contributed by atoms with Crippen LogP contribution < -0.4 is 10.2 Å². The monoisotopic (exact) mass is 485 g/mol. The molecule has 4 unspecified atom stereocenters. The summed E-state index contributed by atoms with van der Waals surface area (Å²) in [6.07, 6.45) is 9.52. The first kappa shape index (κ1) is 27.8. The number of nitrogens with zero attached hydrogens (tertiary/aromatic N) is 2. The largest absolute Gasteiger partial charge is 0.444 e. The maximum Gasteiger partial charge on any atom is 0.410 e. The number of amides is 1. The summed E-state index contributed by atoms with van der Waals surface area (Å²) in [4.78, 5) is 17.0. The number of rotatable bonds is 9. The first-order chi connectivity index (χ1) is 16.7. The molecule has 0 aliphatic carbocycles. The van der Waals surface area contributed by atoms with Gasteiger partial charge in [0, 0.05) is 43.4 Å². The van der Waals surface area contributed by atoms with Gasteiger partial charge in [-0.2, -0.15) is 0 Å². The van der Waals surface area contributed by atoms with Gasteiger partial charge in [-0.15, -0.1) is 0 Å². The molecule has 0 radical (unpaired) electrons. The van der Waals surface area contributed by atoms with E-state index in [2.05, 4.69) is 61.3 Å². The predicted molar refractivity (Wildman–Crippen MR) is 147 cm³/mol. The predicted octanol–water partition coefficient (Wildman–Crippen LogP) is 6.87. The van der Waals surface area contributed by atoms with Crippen LogP contribution in [0.5, 0.6) is 0 Å². The number of carbonyl (C=O) groups is 1. The summed E-state index contributed by atoms with van der Waals surface area (Å²) in [7, 11) is 0. The molecule has 1 N–H and O–H groups in total. The van der Waals surface area contributed by atoms with E-state index in [1.54, 1.807) is 0 Å². The Hall–Kier alpha value is -1.75. The fourth-order valence-corrected chi connectivity index (χ4v) is 6.21. The van der Waals surface area contributed by atoms with Crippen LogP contribution in [0, 0.1) is 11.8 Å². The second-order valence-corrected chi connectivity index (χ2v) is 12.1. The Labute approximate surface area is 215 Å². The number of likely N-dealkylation sites (tertiary alicyclic amines) is 1. The van der Waals surface area contributed by atoms with Gasteiger partial charge in [0.05, 0.1) is 0 Å². The molecule has 3 rings (SSSR count). The fourth-order valence-electron chi connectivity index (χ4n) is 6.21. The first-order valence-electron chi connectivity index (χ1n) is 14.2. The number of piperidine rings is 2. The number of nitrogens with one attached hydrogen (secondary N) is 1. The molecule has 1 aromatic carbocycles. The molecule has 2 aliphatic rings. The van der Waals surface area contributed by atoms with E-state index in [-0.39, 0.29) is 6.09 Å². The summed E-state index contributed by atoms with van der Waals surface area (Å²) in [5.41, 5.74) is 0.957. The smallest absolute Gasteiger partial charge is 0.410 e. The molecule has 0 aromatic heterocycles. The average molecular weight is 486 g/mol. The quantitative estimate of drug-likeness (QED) is 0.415. The van der Waals surface area contributed by atoms with Crippen molar-refractivity contribution in [3.05, 3.63) is 30.3 Å². The third-order valence-electron chi connectivity index (χ3n) is 7.90. The minimum Gasteiger partial charge on any atom is -0.444 e. The zero-order valence-corrected chi connectivity index (χ0v) is 23.3. The van der Waals surface area contributed by atoms with E-state index in [0.717, 1.165) is 25.9 Å². The van der Waals surface area contributed by atoms with Gasteiger partial charge in [-0.3, -0.25) is 0 Å². The molecule has 35 heavy (non-hydrogen) atoms. The van der Waals surface area contributed by atoms with E-state index >= 15 is 0 Å². The normalized spacial score (nSPS) is 22.5. The zero-order chi connectivity index (χ0) is 25.4. The van der Waals surface area contributed by atoms with Crippen molar-refractivity contribution in [2.75, 3.05) is 24.5 Å². The summed E-state index contributed by atoms with van der Waals surface area (Å²) < 4.78 is 5.57. The molecule has 1 aromatic rings. The summed E-state index contributed by atoms with van der Waals surface area (Å²) in [5.74, 6) is 1.40. The van der Waals surface area contributed by atoms with Crippen LogP contribution in [0.4, 0.5) is 10.5 Å². The van der Waals surface area contributed by atoms with Crippen molar-refractivity contribution >= 4 is 11.8 Å². The van der Waals surface area contributed by atoms with Crippen LogP contribution in [0.3, 0.4) is 0 Å². The minimum absolute atomic E-state index is 0.171. The Morgan fingerprint density at radius 3 is 2.37 bits per heavy atom. The summed E-state index contributed by atoms with van der Waals surface area (Å²) in [6.45, 7) is 15.7. The van der Waals surface area contributed by atoms with Crippen LogP contribution in [0.25, 0.3) is 0 Å². The standard InChI is InChI=1S/C30H51N3O2/c1-7-13-23(2)27(28-16-11-12-19-33(28)26-14-9-8-10-15-26)22-24(3)31-25-17-20-32(21-18-25)29(34)35-30(4,5)6/h8-10,14-15,23-25,27-28,31H,7,11-13,16-22H2,1-6H3. The summed E-state index contributed by atoms with van der Waals surface area (Å²) >= 11 is 0. The van der Waals surface area contributed by atoms with Crippen molar-refractivity contribution in [3.8, 4) is 0 Å². The van der Waals surface area contributed by atoms with E-state index in [1.807, 2.05) is 25.7 Å². The summed E-state index contributed by atoms with van der Waals surface area (Å²) in [5, 5.41) is 3.95. The topological polar surface area (TPSA) is 44.8 Å². The molecule has 0 bridgehead atoms. The minimum atomic E-state index is -0.433. The van der Waals surface area contributed by atoms with Crippen LogP contribution in [0.2, 0.25) is 0 Å². The third-order valence-corrected chi connectivity index (χ3v) is 7.90. The van der Waals surface area contributed by atoms with Gasteiger partial charge in [-0.05, 0) is 90.2 Å². The SMILES string of the molecule is CCCC(C)C(CC(C)NC1CCN(C(=O)OC(C)(C)C)CC1)C1CCCCN1c1ccccc1. The molecule has 0 saturated carbocycles. The van der Waals surface area contributed by atoms with Crippen molar-refractivity contribution in [1.29, 1.82) is 0 Å². The van der Waals surface area contributed by atoms with Crippen molar-refractivity contribution < 1.29 is 9.53 Å². The van der Waals surface area contributed by atoms with E-state index in [4.69, 9.17) is 4.74 Å². The van der Waals surface area contributed by atoms with Crippen molar-refractivity contribution in [2.24, 2.45) is 11.8 Å². The molecule has 2 heterocycles. The number of hydrogen-bond donors (Lipinski definition) is 1. The zero-order valence-electron chi connectivity index (χ0n) is 23.3. The highest BCUT2D eigenvalue weighted by molar-refractivity contribution is 5.68. The number of ether oxygens (including phenoxy) is 1. The van der Waals surface area contributed by atoms with Gasteiger partial charge in [0.2, 0.25) is 0 Å². The van der Waals surface area contributed by atoms with E-state index in [0.29, 0.717) is 30.0 Å². The van der Waals surface area contributed by atoms with Gasteiger partial charge >= 0.3 is 6.09 Å². The Morgan fingerprint density at radius 2 is 1.74 bits per heavy atom. The van der Waals surface area contributed by atoms with Crippen molar-refractivity contribution in [2.45, 2.75) is 117 Å². The lowest BCUT2D eigenvalue weighted by molar-refractivity contribution is 0.0195. The molecule has 198 valence electrons. The first-order valence-corrected chi connectivity index (χ1v) is 14.2. The summed E-state index contributed by atoms with van der Waals surface area (Å²) in [6, 6.07) is 12.6. The van der Waals surface area contributed by atoms with Crippen LogP contribution >= 0.6 is 0 Å². The van der Waals surface area contributed by atoms with Gasteiger partial charge in [0.15, 0.2) is 0 Å². The lowest BCUT2D eigenvalue weighted by atomic mass is 9.76. The molecule has 5 heteroatoms. The Bertz CT molecular complexity index is 755. The number of hydrogen-bond acceptors (Lipinski definition) is 4. The number of anilines is 1. The maximum absolute atomic E-state index is 12.4. The van der Waals surface area contributed by atoms with Gasteiger partial charge in [-0.1, -0.05) is 44.9 Å². The second-order valence-electron chi connectivity index (χ2n) is 12.1. The van der Waals surface area contributed by atoms with Gasteiger partial charge in [-0.25, -0.2) is 4.79 Å². The molecule has 2 fully saturated rings. The third kappa shape index (κ3) is 8.41. The number of benzene rings is 1. The lowest BCUT2D eigenvalue weighted by Gasteiger charge is -2.45. The molecule has 2 aliphatic heterocycles. The van der Waals surface area contributed by atoms with Crippen molar-refractivity contribution in [3.63, 3.8) is 0 Å². The number of para-hydroxylation sites is 1. The van der Waals surface area contributed by atoms with E-state index < -0.39 is 5.60 Å². The van der Waals surface area contributed by atoms with Crippen LogP contribution in [0.15, 0.2) is 30.3 Å². The molecule has 0 spiro atoms. The average Bonchev–Trinajstić information content (AvgIpc) is 2.82. The van der Waals surface area contributed by atoms with Crippen LogP contribution in [-0.2, 0) is 4.74 Å². The molecule has 5 nitrogen and oxygen atoms in total. The highest BCUT2D eigenvalue weighted by atomic mass is 16.6. The molecular weight excluding hydrogens is 434 g/mol. The fraction of sp³-hybridized carbons (Fsp3) is 0.767. The second kappa shape index (κ2) is 13.0. The number of carbonyl (C=O) groups excluding carboxylic acids is 1. The molecule has 1 amide bonds.